The smallest absolute Gasteiger partial charge is 0.416 e. The molecule has 17 heavy (non-hydrogen) atoms. The first-order chi connectivity index (χ1) is 8.00. The lowest BCUT2D eigenvalue weighted by Gasteiger charge is -2.07. The Morgan fingerprint density at radius 3 is 2.47 bits per heavy atom. The van der Waals surface area contributed by atoms with Crippen molar-refractivity contribution in [2.45, 2.75) is 6.18 Å². The van der Waals surface area contributed by atoms with Crippen molar-refractivity contribution in [1.29, 1.82) is 0 Å². The number of halogens is 3. The Hall–Kier alpha value is -1.97. The summed E-state index contributed by atoms with van der Waals surface area (Å²) in [6.45, 7) is 3.52. The SMILES string of the molecule is C=Cc1ccc(-c2cccc(C(F)(F)F)c2)o1. The highest BCUT2D eigenvalue weighted by molar-refractivity contribution is 5.60. The number of rotatable bonds is 2. The summed E-state index contributed by atoms with van der Waals surface area (Å²) in [5, 5.41) is 0. The van der Waals surface area contributed by atoms with Crippen molar-refractivity contribution in [1.82, 2.24) is 0 Å². The van der Waals surface area contributed by atoms with Gasteiger partial charge in [0.1, 0.15) is 11.5 Å². The summed E-state index contributed by atoms with van der Waals surface area (Å²) in [7, 11) is 0. The monoisotopic (exact) mass is 238 g/mol. The number of hydrogen-bond donors (Lipinski definition) is 0. The van der Waals surface area contributed by atoms with Crippen LogP contribution >= 0.6 is 0 Å². The van der Waals surface area contributed by atoms with Gasteiger partial charge in [0.15, 0.2) is 0 Å². The predicted molar refractivity (Wildman–Crippen MR) is 59.2 cm³/mol. The van der Waals surface area contributed by atoms with Gasteiger partial charge in [-0.25, -0.2) is 0 Å². The molecule has 0 radical (unpaired) electrons. The highest BCUT2D eigenvalue weighted by atomic mass is 19.4. The molecule has 1 heterocycles. The van der Waals surface area contributed by atoms with Crippen LogP contribution in [0.15, 0.2) is 47.4 Å². The molecular weight excluding hydrogens is 229 g/mol. The second-order valence-corrected chi connectivity index (χ2v) is 3.48. The molecule has 0 amide bonds. The Morgan fingerprint density at radius 2 is 1.88 bits per heavy atom. The van der Waals surface area contributed by atoms with Gasteiger partial charge in [-0.2, -0.15) is 13.2 Å². The second kappa shape index (κ2) is 4.13. The number of hydrogen-bond acceptors (Lipinski definition) is 1. The van der Waals surface area contributed by atoms with Gasteiger partial charge in [-0.1, -0.05) is 18.7 Å². The molecule has 0 unspecified atom stereocenters. The van der Waals surface area contributed by atoms with Crippen LogP contribution in [0.3, 0.4) is 0 Å². The zero-order chi connectivity index (χ0) is 12.5. The molecule has 0 aliphatic heterocycles. The van der Waals surface area contributed by atoms with E-state index in [9.17, 15) is 13.2 Å². The van der Waals surface area contributed by atoms with E-state index in [0.717, 1.165) is 12.1 Å². The van der Waals surface area contributed by atoms with Crippen molar-refractivity contribution in [3.8, 4) is 11.3 Å². The molecule has 0 spiro atoms. The molecule has 0 N–H and O–H groups in total. The minimum absolute atomic E-state index is 0.394. The van der Waals surface area contributed by atoms with Gasteiger partial charge >= 0.3 is 6.18 Å². The van der Waals surface area contributed by atoms with Gasteiger partial charge < -0.3 is 4.42 Å². The van der Waals surface area contributed by atoms with Gasteiger partial charge in [-0.3, -0.25) is 0 Å². The summed E-state index contributed by atoms with van der Waals surface area (Å²) in [6, 6.07) is 8.29. The third kappa shape index (κ3) is 2.41. The van der Waals surface area contributed by atoms with E-state index in [1.165, 1.54) is 12.1 Å². The van der Waals surface area contributed by atoms with Gasteiger partial charge in [0.05, 0.1) is 5.56 Å². The molecule has 0 bridgehead atoms. The van der Waals surface area contributed by atoms with Crippen LogP contribution < -0.4 is 0 Å². The van der Waals surface area contributed by atoms with E-state index < -0.39 is 11.7 Å². The van der Waals surface area contributed by atoms with Gasteiger partial charge in [-0.15, -0.1) is 0 Å². The van der Waals surface area contributed by atoms with Gasteiger partial charge in [0.2, 0.25) is 0 Å². The first-order valence-electron chi connectivity index (χ1n) is 4.90. The molecule has 1 aromatic carbocycles. The van der Waals surface area contributed by atoms with E-state index >= 15 is 0 Å². The Kier molecular flexibility index (Phi) is 2.79. The topological polar surface area (TPSA) is 13.1 Å². The third-order valence-corrected chi connectivity index (χ3v) is 2.30. The maximum Gasteiger partial charge on any atom is 0.416 e. The van der Waals surface area contributed by atoms with Crippen LogP contribution in [-0.4, -0.2) is 0 Å². The van der Waals surface area contributed by atoms with E-state index in [2.05, 4.69) is 6.58 Å². The highest BCUT2D eigenvalue weighted by Crippen LogP contribution is 2.32. The summed E-state index contributed by atoms with van der Waals surface area (Å²) in [5.41, 5.74) is -0.292. The van der Waals surface area contributed by atoms with Crippen LogP contribution in [0.2, 0.25) is 0 Å². The van der Waals surface area contributed by atoms with Crippen molar-refractivity contribution >= 4 is 6.08 Å². The fourth-order valence-corrected chi connectivity index (χ4v) is 1.47. The van der Waals surface area contributed by atoms with E-state index in [-0.39, 0.29) is 0 Å². The molecule has 88 valence electrons. The average Bonchev–Trinajstić information content (AvgIpc) is 2.76. The van der Waals surface area contributed by atoms with E-state index in [0.29, 0.717) is 17.1 Å². The normalized spacial score (nSPS) is 11.5. The lowest BCUT2D eigenvalue weighted by molar-refractivity contribution is -0.137. The van der Waals surface area contributed by atoms with Crippen molar-refractivity contribution in [2.75, 3.05) is 0 Å². The van der Waals surface area contributed by atoms with Crippen molar-refractivity contribution in [2.24, 2.45) is 0 Å². The first kappa shape index (κ1) is 11.5. The highest BCUT2D eigenvalue weighted by Gasteiger charge is 2.30. The van der Waals surface area contributed by atoms with Gasteiger partial charge in [0.25, 0.3) is 0 Å². The summed E-state index contributed by atoms with van der Waals surface area (Å²) in [6.07, 6.45) is -2.85. The zero-order valence-electron chi connectivity index (χ0n) is 8.79. The van der Waals surface area contributed by atoms with Gasteiger partial charge in [-0.05, 0) is 30.3 Å². The molecule has 2 aromatic rings. The van der Waals surface area contributed by atoms with E-state index in [1.54, 1.807) is 18.2 Å². The maximum absolute atomic E-state index is 12.5. The third-order valence-electron chi connectivity index (χ3n) is 2.30. The number of alkyl halides is 3. The van der Waals surface area contributed by atoms with Crippen molar-refractivity contribution in [3.63, 3.8) is 0 Å². The molecular formula is C13H9F3O. The largest absolute Gasteiger partial charge is 0.457 e. The predicted octanol–water partition coefficient (Wildman–Crippen LogP) is 4.61. The Labute approximate surface area is 96.2 Å². The summed E-state index contributed by atoms with van der Waals surface area (Å²) >= 11 is 0. The zero-order valence-corrected chi connectivity index (χ0v) is 8.79. The molecule has 0 aliphatic rings. The number of benzene rings is 1. The Bertz CT molecular complexity index is 538. The summed E-state index contributed by atoms with van der Waals surface area (Å²) < 4.78 is 42.8. The molecule has 1 nitrogen and oxygen atoms in total. The molecule has 0 saturated carbocycles. The molecule has 0 saturated heterocycles. The summed E-state index contributed by atoms with van der Waals surface area (Å²) in [5.74, 6) is 0.920. The molecule has 0 fully saturated rings. The molecule has 4 heteroatoms. The standard InChI is InChI=1S/C13H9F3O/c1-2-11-6-7-12(17-11)9-4-3-5-10(8-9)13(14,15)16/h2-8H,1H2. The van der Waals surface area contributed by atoms with Crippen molar-refractivity contribution < 1.29 is 17.6 Å². The average molecular weight is 238 g/mol. The van der Waals surface area contributed by atoms with Crippen LogP contribution in [0.4, 0.5) is 13.2 Å². The van der Waals surface area contributed by atoms with Crippen molar-refractivity contribution in [3.05, 3.63) is 54.3 Å². The Balaban J connectivity index is 2.42. The minimum Gasteiger partial charge on any atom is -0.457 e. The lowest BCUT2D eigenvalue weighted by Crippen LogP contribution is -2.04. The summed E-state index contributed by atoms with van der Waals surface area (Å²) in [4.78, 5) is 0. The fraction of sp³-hybridized carbons (Fsp3) is 0.0769. The van der Waals surface area contributed by atoms with Crippen LogP contribution in [0, 0.1) is 0 Å². The molecule has 1 aromatic heterocycles. The van der Waals surface area contributed by atoms with E-state index in [1.807, 2.05) is 0 Å². The number of furan rings is 1. The Morgan fingerprint density at radius 1 is 1.12 bits per heavy atom. The molecule has 2 rings (SSSR count). The molecule has 0 aliphatic carbocycles. The van der Waals surface area contributed by atoms with Crippen LogP contribution in [0.5, 0.6) is 0 Å². The van der Waals surface area contributed by atoms with Gasteiger partial charge in [0, 0.05) is 5.56 Å². The van der Waals surface area contributed by atoms with Crippen LogP contribution in [0.1, 0.15) is 11.3 Å². The lowest BCUT2D eigenvalue weighted by atomic mass is 10.1. The quantitative estimate of drug-likeness (QED) is 0.744. The fourth-order valence-electron chi connectivity index (χ4n) is 1.47. The van der Waals surface area contributed by atoms with Crippen LogP contribution in [0.25, 0.3) is 17.4 Å². The molecule has 0 atom stereocenters. The van der Waals surface area contributed by atoms with E-state index in [4.69, 9.17) is 4.42 Å². The first-order valence-corrected chi connectivity index (χ1v) is 4.90. The second-order valence-electron chi connectivity index (χ2n) is 3.48. The van der Waals surface area contributed by atoms with Crippen LogP contribution in [-0.2, 0) is 6.18 Å². The maximum atomic E-state index is 12.5. The minimum atomic E-state index is -4.34.